The van der Waals surface area contributed by atoms with E-state index < -0.39 is 0 Å². The predicted octanol–water partition coefficient (Wildman–Crippen LogP) is 4.75. The van der Waals surface area contributed by atoms with E-state index in [0.717, 1.165) is 35.1 Å². The van der Waals surface area contributed by atoms with Gasteiger partial charge in [-0.1, -0.05) is 41.4 Å². The lowest BCUT2D eigenvalue weighted by Crippen LogP contribution is -2.16. The topological polar surface area (TPSA) is 18.5 Å². The van der Waals surface area contributed by atoms with E-state index in [4.69, 9.17) is 21.1 Å². The monoisotopic (exact) mass is 314 g/mol. The first-order valence-electron chi connectivity index (χ1n) is 7.83. The van der Waals surface area contributed by atoms with Crippen LogP contribution in [-0.4, -0.2) is 12.4 Å². The van der Waals surface area contributed by atoms with Crippen LogP contribution in [0.3, 0.4) is 0 Å². The van der Waals surface area contributed by atoms with E-state index in [1.165, 1.54) is 17.5 Å². The van der Waals surface area contributed by atoms with Crippen LogP contribution in [0.15, 0.2) is 42.5 Å². The molecule has 1 aliphatic carbocycles. The molecule has 0 unspecified atom stereocenters. The smallest absolute Gasteiger partial charge is 0.200 e. The predicted molar refractivity (Wildman–Crippen MR) is 87.5 cm³/mol. The normalized spacial score (nSPS) is 25.8. The highest BCUT2D eigenvalue weighted by molar-refractivity contribution is 6.31. The Morgan fingerprint density at radius 1 is 1.14 bits per heavy atom. The van der Waals surface area contributed by atoms with Crippen molar-refractivity contribution >= 4 is 11.6 Å². The zero-order valence-electron chi connectivity index (χ0n) is 12.6. The van der Waals surface area contributed by atoms with Gasteiger partial charge in [0.2, 0.25) is 0 Å². The highest BCUT2D eigenvalue weighted by Gasteiger charge is 2.48. The molecule has 1 saturated carbocycles. The van der Waals surface area contributed by atoms with Crippen molar-refractivity contribution < 1.29 is 9.47 Å². The molecule has 2 fully saturated rings. The molecule has 0 aromatic heterocycles. The lowest BCUT2D eigenvalue weighted by atomic mass is 10.0. The number of halogens is 1. The number of hydrogen-bond donors (Lipinski definition) is 0. The third-order valence-corrected chi connectivity index (χ3v) is 4.83. The van der Waals surface area contributed by atoms with E-state index in [1.54, 1.807) is 0 Å². The first kappa shape index (κ1) is 14.1. The second kappa shape index (κ2) is 5.60. The first-order chi connectivity index (χ1) is 10.7. The molecule has 2 nitrogen and oxygen atoms in total. The van der Waals surface area contributed by atoms with Gasteiger partial charge in [0, 0.05) is 11.4 Å². The summed E-state index contributed by atoms with van der Waals surface area (Å²) in [4.78, 5) is 0. The molecule has 1 aliphatic heterocycles. The summed E-state index contributed by atoms with van der Waals surface area (Å²) in [5.74, 6) is 1.62. The number of ether oxygens (including phenoxy) is 2. The number of benzene rings is 2. The van der Waals surface area contributed by atoms with Gasteiger partial charge in [0.05, 0.1) is 6.10 Å². The molecular weight excluding hydrogens is 296 g/mol. The summed E-state index contributed by atoms with van der Waals surface area (Å²) in [7, 11) is 0. The molecule has 1 saturated heterocycles. The van der Waals surface area contributed by atoms with Gasteiger partial charge in [-0.3, -0.25) is 0 Å². The summed E-state index contributed by atoms with van der Waals surface area (Å²) in [5, 5.41) is 0.824. The fourth-order valence-corrected chi connectivity index (χ4v) is 3.29. The Morgan fingerprint density at radius 3 is 2.68 bits per heavy atom. The molecule has 0 N–H and O–H groups in total. The Balaban J connectivity index is 1.41. The standard InChI is InChI=1S/C19H19ClO2/c1-12-2-7-17(20)14(8-12)9-13-3-5-16(6-4-13)21-19-11-15-10-18(15)22-19/h2-8,15,18-19H,9-11H2,1H3/t15-,18-,19-/m0/s1. The minimum absolute atomic E-state index is 0.0548. The zero-order chi connectivity index (χ0) is 15.1. The maximum absolute atomic E-state index is 6.27. The van der Waals surface area contributed by atoms with E-state index >= 15 is 0 Å². The van der Waals surface area contributed by atoms with Crippen molar-refractivity contribution in [1.82, 2.24) is 0 Å². The third-order valence-electron chi connectivity index (χ3n) is 4.47. The average molecular weight is 315 g/mol. The fourth-order valence-electron chi connectivity index (χ4n) is 3.10. The SMILES string of the molecule is Cc1ccc(Cl)c(Cc2ccc(O[C@@H]3C[C@@H]4C[C@@H]4O3)cc2)c1. The second-order valence-electron chi connectivity index (χ2n) is 6.37. The molecule has 0 amide bonds. The molecule has 0 bridgehead atoms. The molecule has 2 aliphatic rings. The van der Waals surface area contributed by atoms with Crippen LogP contribution < -0.4 is 4.74 Å². The summed E-state index contributed by atoms with van der Waals surface area (Å²) in [6.45, 7) is 2.09. The fraction of sp³-hybridized carbons (Fsp3) is 0.368. The van der Waals surface area contributed by atoms with E-state index in [2.05, 4.69) is 25.1 Å². The first-order valence-corrected chi connectivity index (χ1v) is 8.21. The Hall–Kier alpha value is -1.51. The maximum Gasteiger partial charge on any atom is 0.200 e. The Bertz CT molecular complexity index is 670. The van der Waals surface area contributed by atoms with Crippen LogP contribution in [0.4, 0.5) is 0 Å². The number of rotatable bonds is 4. The van der Waals surface area contributed by atoms with Gasteiger partial charge in [-0.05, 0) is 55.0 Å². The van der Waals surface area contributed by atoms with Crippen LogP contribution in [0.1, 0.15) is 29.5 Å². The van der Waals surface area contributed by atoms with Crippen LogP contribution in [0.25, 0.3) is 0 Å². The summed E-state index contributed by atoms with van der Waals surface area (Å²) in [6.07, 6.45) is 3.50. The number of fused-ring (bicyclic) bond motifs is 1. The number of aryl methyl sites for hydroxylation is 1. The second-order valence-corrected chi connectivity index (χ2v) is 6.78. The Kier molecular flexibility index (Phi) is 3.59. The Morgan fingerprint density at radius 2 is 1.95 bits per heavy atom. The molecule has 22 heavy (non-hydrogen) atoms. The summed E-state index contributed by atoms with van der Waals surface area (Å²) >= 11 is 6.27. The van der Waals surface area contributed by atoms with Crippen LogP contribution in [0, 0.1) is 12.8 Å². The lowest BCUT2D eigenvalue weighted by Gasteiger charge is -2.15. The molecule has 0 spiro atoms. The quantitative estimate of drug-likeness (QED) is 0.810. The van der Waals surface area contributed by atoms with Gasteiger partial charge in [-0.2, -0.15) is 0 Å². The van der Waals surface area contributed by atoms with Crippen molar-refractivity contribution in [3.05, 3.63) is 64.2 Å². The van der Waals surface area contributed by atoms with Gasteiger partial charge < -0.3 is 9.47 Å². The minimum Gasteiger partial charge on any atom is -0.465 e. The van der Waals surface area contributed by atoms with Crippen LogP contribution in [-0.2, 0) is 11.2 Å². The van der Waals surface area contributed by atoms with Crippen molar-refractivity contribution in [2.75, 3.05) is 0 Å². The lowest BCUT2D eigenvalue weighted by molar-refractivity contribution is -0.0631. The highest BCUT2D eigenvalue weighted by Crippen LogP contribution is 2.45. The third kappa shape index (κ3) is 2.99. The molecule has 3 heteroatoms. The molecule has 3 atom stereocenters. The van der Waals surface area contributed by atoms with Gasteiger partial charge in [-0.15, -0.1) is 0 Å². The number of hydrogen-bond acceptors (Lipinski definition) is 2. The molecule has 0 radical (unpaired) electrons. The van der Waals surface area contributed by atoms with E-state index in [9.17, 15) is 0 Å². The van der Waals surface area contributed by atoms with Crippen molar-refractivity contribution in [3.63, 3.8) is 0 Å². The van der Waals surface area contributed by atoms with Gasteiger partial charge in [0.1, 0.15) is 5.75 Å². The van der Waals surface area contributed by atoms with E-state index in [1.807, 2.05) is 24.3 Å². The van der Waals surface area contributed by atoms with Crippen molar-refractivity contribution in [3.8, 4) is 5.75 Å². The summed E-state index contributed by atoms with van der Waals surface area (Å²) < 4.78 is 11.6. The summed E-state index contributed by atoms with van der Waals surface area (Å²) in [5.41, 5.74) is 3.63. The van der Waals surface area contributed by atoms with Gasteiger partial charge in [0.15, 0.2) is 6.29 Å². The summed E-state index contributed by atoms with van der Waals surface area (Å²) in [6, 6.07) is 14.4. The molecule has 1 heterocycles. The highest BCUT2D eigenvalue weighted by atomic mass is 35.5. The van der Waals surface area contributed by atoms with Crippen LogP contribution in [0.2, 0.25) is 5.02 Å². The Labute approximate surface area is 136 Å². The average Bonchev–Trinajstić information content (AvgIpc) is 3.12. The van der Waals surface area contributed by atoms with Crippen LogP contribution in [0.5, 0.6) is 5.75 Å². The van der Waals surface area contributed by atoms with Gasteiger partial charge in [0.25, 0.3) is 0 Å². The minimum atomic E-state index is -0.0548. The van der Waals surface area contributed by atoms with Gasteiger partial charge >= 0.3 is 0 Å². The maximum atomic E-state index is 6.27. The molecule has 2 aromatic rings. The van der Waals surface area contributed by atoms with Crippen molar-refractivity contribution in [1.29, 1.82) is 0 Å². The van der Waals surface area contributed by atoms with Crippen LogP contribution >= 0.6 is 11.6 Å². The van der Waals surface area contributed by atoms with Gasteiger partial charge in [-0.25, -0.2) is 0 Å². The zero-order valence-corrected chi connectivity index (χ0v) is 13.3. The molecule has 114 valence electrons. The van der Waals surface area contributed by atoms with E-state index in [-0.39, 0.29) is 6.29 Å². The van der Waals surface area contributed by atoms with Crippen molar-refractivity contribution in [2.45, 2.75) is 38.6 Å². The van der Waals surface area contributed by atoms with Crippen molar-refractivity contribution in [2.24, 2.45) is 5.92 Å². The molecule has 2 aromatic carbocycles. The molecular formula is C19H19ClO2. The molecule has 4 rings (SSSR count). The largest absolute Gasteiger partial charge is 0.465 e. The van der Waals surface area contributed by atoms with E-state index in [0.29, 0.717) is 6.10 Å².